The summed E-state index contributed by atoms with van der Waals surface area (Å²) >= 11 is 11.5. The molecule has 0 amide bonds. The minimum atomic E-state index is -1.61. The van der Waals surface area contributed by atoms with Crippen LogP contribution in [0, 0.1) is 0 Å². The molecule has 3 nitrogen and oxygen atoms in total. The van der Waals surface area contributed by atoms with Gasteiger partial charge in [-0.25, -0.2) is 4.79 Å². The molecule has 0 aromatic heterocycles. The monoisotopic (exact) mass is 218 g/mol. The average molecular weight is 219 g/mol. The lowest BCUT2D eigenvalue weighted by atomic mass is 10.1. The maximum absolute atomic E-state index is 11.1. The van der Waals surface area contributed by atoms with Crippen molar-refractivity contribution in [3.05, 3.63) is 35.4 Å². The van der Waals surface area contributed by atoms with Gasteiger partial charge in [-0.3, -0.25) is 4.89 Å². The molecule has 0 radical (unpaired) electrons. The van der Waals surface area contributed by atoms with Crippen LogP contribution in [0.4, 0.5) is 0 Å². The summed E-state index contributed by atoms with van der Waals surface area (Å²) in [4.78, 5) is 19.9. The highest BCUT2D eigenvalue weighted by Crippen LogP contribution is 2.40. The number of carbonyl (C=O) groups excluding carboxylic acids is 1. The normalized spacial score (nSPS) is 19.1. The predicted molar refractivity (Wildman–Crippen MR) is 46.3 cm³/mol. The van der Waals surface area contributed by atoms with Gasteiger partial charge in [-0.05, 0) is 6.07 Å². The van der Waals surface area contributed by atoms with Crippen molar-refractivity contribution in [2.45, 2.75) is 4.52 Å². The molecule has 1 heterocycles. The number of hydrogen-bond acceptors (Lipinski definition) is 3. The molecule has 2 rings (SSSR count). The Labute approximate surface area is 84.1 Å². The minimum Gasteiger partial charge on any atom is -0.289 e. The molecule has 0 atom stereocenters. The summed E-state index contributed by atoms with van der Waals surface area (Å²) in [6.07, 6.45) is 0. The van der Waals surface area contributed by atoms with Gasteiger partial charge in [0.2, 0.25) is 0 Å². The molecule has 1 aliphatic heterocycles. The van der Waals surface area contributed by atoms with Crippen LogP contribution in [0.5, 0.6) is 0 Å². The van der Waals surface area contributed by atoms with Crippen LogP contribution in [0.1, 0.15) is 15.9 Å². The number of alkyl halides is 2. The van der Waals surface area contributed by atoms with Crippen LogP contribution in [0.15, 0.2) is 24.3 Å². The lowest BCUT2D eigenvalue weighted by Crippen LogP contribution is -2.27. The molecule has 0 spiro atoms. The van der Waals surface area contributed by atoms with E-state index in [0.717, 1.165) is 0 Å². The van der Waals surface area contributed by atoms with Crippen molar-refractivity contribution in [1.29, 1.82) is 0 Å². The lowest BCUT2D eigenvalue weighted by Gasteiger charge is -2.24. The quantitative estimate of drug-likeness (QED) is 0.496. The average Bonchev–Trinajstić information content (AvgIpc) is 2.13. The van der Waals surface area contributed by atoms with E-state index in [1.54, 1.807) is 24.3 Å². The first-order chi connectivity index (χ1) is 6.11. The van der Waals surface area contributed by atoms with E-state index in [9.17, 15) is 4.79 Å². The van der Waals surface area contributed by atoms with Crippen molar-refractivity contribution < 1.29 is 14.6 Å². The second-order valence-electron chi connectivity index (χ2n) is 2.52. The first-order valence-corrected chi connectivity index (χ1v) is 4.24. The first-order valence-electron chi connectivity index (χ1n) is 3.48. The Morgan fingerprint density at radius 3 is 2.62 bits per heavy atom. The maximum atomic E-state index is 11.1. The zero-order valence-corrected chi connectivity index (χ0v) is 7.80. The molecule has 68 valence electrons. The van der Waals surface area contributed by atoms with Crippen LogP contribution >= 0.6 is 23.2 Å². The molecule has 0 unspecified atom stereocenters. The molecule has 5 heteroatoms. The van der Waals surface area contributed by atoms with Crippen molar-refractivity contribution in [3.63, 3.8) is 0 Å². The highest BCUT2D eigenvalue weighted by molar-refractivity contribution is 6.47. The summed E-state index contributed by atoms with van der Waals surface area (Å²) in [6.45, 7) is 0. The second-order valence-corrected chi connectivity index (χ2v) is 3.77. The Kier molecular flexibility index (Phi) is 1.95. The number of rotatable bonds is 0. The molecular formula is C8H4Cl2O3. The smallest absolute Gasteiger partial charge is 0.289 e. The van der Waals surface area contributed by atoms with Gasteiger partial charge in [0, 0.05) is 5.56 Å². The number of carbonyl (C=O) groups is 1. The molecule has 0 aliphatic carbocycles. The van der Waals surface area contributed by atoms with Crippen LogP contribution in [-0.2, 0) is 14.3 Å². The minimum absolute atomic E-state index is 0.318. The first kappa shape index (κ1) is 8.81. The Hall–Kier alpha value is -0.770. The van der Waals surface area contributed by atoms with Gasteiger partial charge >= 0.3 is 5.97 Å². The Morgan fingerprint density at radius 1 is 1.23 bits per heavy atom. The van der Waals surface area contributed by atoms with E-state index in [0.29, 0.717) is 11.1 Å². The summed E-state index contributed by atoms with van der Waals surface area (Å²) in [7, 11) is 0. The second kappa shape index (κ2) is 2.87. The highest BCUT2D eigenvalue weighted by Gasteiger charge is 2.39. The molecule has 0 fully saturated rings. The van der Waals surface area contributed by atoms with Crippen molar-refractivity contribution in [2.75, 3.05) is 0 Å². The standard InChI is InChI=1S/C8H4Cl2O3/c9-8(10)6-4-2-1-3-5(6)7(11)12-13-8/h1-4H. The number of hydrogen-bond donors (Lipinski definition) is 0. The molecule has 0 saturated carbocycles. The summed E-state index contributed by atoms with van der Waals surface area (Å²) in [6, 6.07) is 6.57. The molecular weight excluding hydrogens is 215 g/mol. The summed E-state index contributed by atoms with van der Waals surface area (Å²) < 4.78 is -1.61. The molecule has 1 aromatic carbocycles. The fourth-order valence-electron chi connectivity index (χ4n) is 1.09. The van der Waals surface area contributed by atoms with Gasteiger partial charge in [-0.2, -0.15) is 0 Å². The van der Waals surface area contributed by atoms with Gasteiger partial charge in [0.15, 0.2) is 0 Å². The van der Waals surface area contributed by atoms with E-state index in [4.69, 9.17) is 23.2 Å². The van der Waals surface area contributed by atoms with Crippen LogP contribution < -0.4 is 0 Å². The number of halogens is 2. The van der Waals surface area contributed by atoms with E-state index in [1.165, 1.54) is 0 Å². The van der Waals surface area contributed by atoms with Crippen LogP contribution in [-0.4, -0.2) is 5.97 Å². The van der Waals surface area contributed by atoms with Gasteiger partial charge in [0.25, 0.3) is 4.52 Å². The number of benzene rings is 1. The molecule has 0 N–H and O–H groups in total. The third kappa shape index (κ3) is 1.39. The van der Waals surface area contributed by atoms with Crippen molar-refractivity contribution >= 4 is 29.2 Å². The molecule has 1 aliphatic rings. The molecule has 13 heavy (non-hydrogen) atoms. The van der Waals surface area contributed by atoms with Crippen molar-refractivity contribution in [3.8, 4) is 0 Å². The highest BCUT2D eigenvalue weighted by atomic mass is 35.5. The van der Waals surface area contributed by atoms with Crippen molar-refractivity contribution in [1.82, 2.24) is 0 Å². The summed E-state index contributed by atoms with van der Waals surface area (Å²) in [5.74, 6) is -0.590. The van der Waals surface area contributed by atoms with Gasteiger partial charge in [0.1, 0.15) is 0 Å². The molecule has 1 aromatic rings. The van der Waals surface area contributed by atoms with Crippen LogP contribution in [0.25, 0.3) is 0 Å². The Bertz CT molecular complexity index is 362. The van der Waals surface area contributed by atoms with E-state index < -0.39 is 10.5 Å². The molecule has 0 bridgehead atoms. The third-order valence-electron chi connectivity index (χ3n) is 1.68. The van der Waals surface area contributed by atoms with E-state index >= 15 is 0 Å². The fraction of sp³-hybridized carbons (Fsp3) is 0.125. The largest absolute Gasteiger partial charge is 0.373 e. The van der Waals surface area contributed by atoms with Gasteiger partial charge < -0.3 is 0 Å². The van der Waals surface area contributed by atoms with Crippen molar-refractivity contribution in [2.24, 2.45) is 0 Å². The van der Waals surface area contributed by atoms with Gasteiger partial charge in [0.05, 0.1) is 5.56 Å². The lowest BCUT2D eigenvalue weighted by molar-refractivity contribution is -0.276. The third-order valence-corrected chi connectivity index (χ3v) is 2.22. The van der Waals surface area contributed by atoms with Gasteiger partial charge in [-0.15, -0.1) is 4.89 Å². The zero-order valence-electron chi connectivity index (χ0n) is 6.29. The van der Waals surface area contributed by atoms with Gasteiger partial charge in [-0.1, -0.05) is 41.4 Å². The van der Waals surface area contributed by atoms with E-state index in [2.05, 4.69) is 9.78 Å². The van der Waals surface area contributed by atoms with Crippen LogP contribution in [0.2, 0.25) is 0 Å². The topological polar surface area (TPSA) is 35.5 Å². The maximum Gasteiger partial charge on any atom is 0.373 e. The predicted octanol–water partition coefficient (Wildman–Crippen LogP) is 2.38. The van der Waals surface area contributed by atoms with E-state index in [1.807, 2.05) is 0 Å². The number of fused-ring (bicyclic) bond motifs is 1. The molecule has 0 saturated heterocycles. The SMILES string of the molecule is O=C1OOC(Cl)(Cl)c2ccccc21. The Balaban J connectivity index is 2.61. The zero-order chi connectivity index (χ0) is 9.47. The summed E-state index contributed by atoms with van der Waals surface area (Å²) in [5, 5.41) is 0. The fourth-order valence-corrected chi connectivity index (χ4v) is 1.49. The van der Waals surface area contributed by atoms with Crippen LogP contribution in [0.3, 0.4) is 0 Å². The van der Waals surface area contributed by atoms with E-state index in [-0.39, 0.29) is 0 Å². The Morgan fingerprint density at radius 2 is 1.92 bits per heavy atom. The summed E-state index contributed by atoms with van der Waals surface area (Å²) in [5.41, 5.74) is 0.716.